The van der Waals surface area contributed by atoms with Crippen molar-refractivity contribution in [1.29, 1.82) is 0 Å². The molecule has 0 unspecified atom stereocenters. The van der Waals surface area contributed by atoms with Gasteiger partial charge in [-0.2, -0.15) is 0 Å². The smallest absolute Gasteiger partial charge is 0.331 e. The van der Waals surface area contributed by atoms with Crippen molar-refractivity contribution in [2.45, 2.75) is 40.2 Å². The van der Waals surface area contributed by atoms with Gasteiger partial charge in [0.2, 0.25) is 0 Å². The number of hydrogen-bond acceptors (Lipinski definition) is 4. The maximum atomic E-state index is 11.1. The fourth-order valence-electron chi connectivity index (χ4n) is 0.851. The standard InChI is InChI=1S/C12H20O4/c1-9(2)7-8-15-11(13)5-6-12(14)16-10(3)4/h5-6,9-10H,7-8H2,1-4H3/b6-5+. The molecule has 0 amide bonds. The minimum atomic E-state index is -0.532. The van der Waals surface area contributed by atoms with Crippen molar-refractivity contribution in [3.8, 4) is 0 Å². The molecule has 0 aliphatic carbocycles. The minimum Gasteiger partial charge on any atom is -0.463 e. The molecular weight excluding hydrogens is 208 g/mol. The Hall–Kier alpha value is -1.32. The molecule has 0 aromatic heterocycles. The van der Waals surface area contributed by atoms with E-state index >= 15 is 0 Å². The van der Waals surface area contributed by atoms with E-state index < -0.39 is 11.9 Å². The van der Waals surface area contributed by atoms with Crippen LogP contribution in [0, 0.1) is 5.92 Å². The summed E-state index contributed by atoms with van der Waals surface area (Å²) in [4.78, 5) is 22.1. The van der Waals surface area contributed by atoms with E-state index in [1.807, 2.05) is 13.8 Å². The van der Waals surface area contributed by atoms with Crippen LogP contribution in [0.5, 0.6) is 0 Å². The predicted molar refractivity (Wildman–Crippen MR) is 60.8 cm³/mol. The van der Waals surface area contributed by atoms with Crippen LogP contribution in [0.1, 0.15) is 34.1 Å². The molecule has 0 aromatic carbocycles. The van der Waals surface area contributed by atoms with E-state index in [2.05, 4.69) is 0 Å². The lowest BCUT2D eigenvalue weighted by atomic mass is 10.1. The van der Waals surface area contributed by atoms with E-state index in [0.717, 1.165) is 18.6 Å². The predicted octanol–water partition coefficient (Wildman–Crippen LogP) is 2.08. The highest BCUT2D eigenvalue weighted by molar-refractivity contribution is 5.91. The molecule has 0 heterocycles. The minimum absolute atomic E-state index is 0.186. The number of hydrogen-bond donors (Lipinski definition) is 0. The van der Waals surface area contributed by atoms with Gasteiger partial charge in [-0.05, 0) is 26.2 Å². The maximum absolute atomic E-state index is 11.1. The third-order valence-corrected chi connectivity index (χ3v) is 1.65. The van der Waals surface area contributed by atoms with Gasteiger partial charge in [-0.1, -0.05) is 13.8 Å². The van der Waals surface area contributed by atoms with Gasteiger partial charge in [0.25, 0.3) is 0 Å². The molecule has 0 aliphatic heterocycles. The number of carbonyl (C=O) groups is 2. The molecule has 0 radical (unpaired) electrons. The Kier molecular flexibility index (Phi) is 7.25. The summed E-state index contributed by atoms with van der Waals surface area (Å²) in [6, 6.07) is 0. The van der Waals surface area contributed by atoms with Crippen molar-refractivity contribution < 1.29 is 19.1 Å². The van der Waals surface area contributed by atoms with Gasteiger partial charge in [0.05, 0.1) is 12.7 Å². The first-order valence-electron chi connectivity index (χ1n) is 5.47. The highest BCUT2D eigenvalue weighted by Gasteiger charge is 2.03. The Morgan fingerprint density at radius 1 is 1.06 bits per heavy atom. The van der Waals surface area contributed by atoms with Crippen LogP contribution in [0.4, 0.5) is 0 Å². The van der Waals surface area contributed by atoms with Gasteiger partial charge in [-0.15, -0.1) is 0 Å². The molecule has 4 heteroatoms. The lowest BCUT2D eigenvalue weighted by Crippen LogP contribution is -2.10. The third-order valence-electron chi connectivity index (χ3n) is 1.65. The van der Waals surface area contributed by atoms with Gasteiger partial charge in [-0.25, -0.2) is 9.59 Å². The van der Waals surface area contributed by atoms with Crippen LogP contribution in [0.3, 0.4) is 0 Å². The molecule has 0 rings (SSSR count). The fourth-order valence-corrected chi connectivity index (χ4v) is 0.851. The summed E-state index contributed by atoms with van der Waals surface area (Å²) in [5.74, 6) is -0.556. The molecule has 0 aromatic rings. The van der Waals surface area contributed by atoms with Gasteiger partial charge >= 0.3 is 11.9 Å². The lowest BCUT2D eigenvalue weighted by Gasteiger charge is -2.05. The van der Waals surface area contributed by atoms with E-state index in [1.54, 1.807) is 13.8 Å². The molecule has 0 saturated carbocycles. The van der Waals surface area contributed by atoms with Crippen LogP contribution in [0.2, 0.25) is 0 Å². The van der Waals surface area contributed by atoms with Crippen LogP contribution in [0.25, 0.3) is 0 Å². The first kappa shape index (κ1) is 14.7. The lowest BCUT2D eigenvalue weighted by molar-refractivity contribution is -0.142. The average Bonchev–Trinajstić information content (AvgIpc) is 2.13. The third kappa shape index (κ3) is 9.24. The van der Waals surface area contributed by atoms with Crippen molar-refractivity contribution in [3.63, 3.8) is 0 Å². The largest absolute Gasteiger partial charge is 0.463 e. The second-order valence-corrected chi connectivity index (χ2v) is 4.17. The second-order valence-electron chi connectivity index (χ2n) is 4.17. The van der Waals surface area contributed by atoms with Gasteiger partial charge in [0.1, 0.15) is 0 Å². The number of esters is 2. The molecule has 0 bridgehead atoms. The van der Waals surface area contributed by atoms with Crippen molar-refractivity contribution in [3.05, 3.63) is 12.2 Å². The van der Waals surface area contributed by atoms with Crippen LogP contribution < -0.4 is 0 Å². The van der Waals surface area contributed by atoms with Crippen molar-refractivity contribution in [2.24, 2.45) is 5.92 Å². The second kappa shape index (κ2) is 7.91. The molecular formula is C12H20O4. The first-order valence-corrected chi connectivity index (χ1v) is 5.47. The summed E-state index contributed by atoms with van der Waals surface area (Å²) in [5, 5.41) is 0. The Balaban J connectivity index is 3.77. The molecule has 92 valence electrons. The highest BCUT2D eigenvalue weighted by Crippen LogP contribution is 1.99. The molecule has 16 heavy (non-hydrogen) atoms. The number of carbonyl (C=O) groups excluding carboxylic acids is 2. The first-order chi connectivity index (χ1) is 7.41. The summed E-state index contributed by atoms with van der Waals surface area (Å²) in [6.07, 6.45) is 2.80. The Morgan fingerprint density at radius 2 is 1.62 bits per heavy atom. The summed E-state index contributed by atoms with van der Waals surface area (Å²) in [5.41, 5.74) is 0. The molecule has 0 spiro atoms. The normalized spacial score (nSPS) is 11.1. The molecule has 0 saturated heterocycles. The molecule has 0 atom stereocenters. The van der Waals surface area contributed by atoms with Gasteiger partial charge < -0.3 is 9.47 Å². The molecule has 0 N–H and O–H groups in total. The van der Waals surface area contributed by atoms with Gasteiger partial charge in [0.15, 0.2) is 0 Å². The van der Waals surface area contributed by atoms with Crippen LogP contribution in [-0.2, 0) is 19.1 Å². The summed E-state index contributed by atoms with van der Waals surface area (Å²) >= 11 is 0. The van der Waals surface area contributed by atoms with E-state index in [1.165, 1.54) is 0 Å². The van der Waals surface area contributed by atoms with Gasteiger partial charge in [0, 0.05) is 12.2 Å². The Labute approximate surface area is 96.6 Å². The number of ether oxygens (including phenoxy) is 2. The molecule has 0 aliphatic rings. The zero-order chi connectivity index (χ0) is 12.6. The SMILES string of the molecule is CC(C)CCOC(=O)/C=C/C(=O)OC(C)C. The zero-order valence-electron chi connectivity index (χ0n) is 10.4. The summed E-state index contributed by atoms with van der Waals surface area (Å²) < 4.78 is 9.68. The Bertz CT molecular complexity index is 254. The Morgan fingerprint density at radius 3 is 2.12 bits per heavy atom. The highest BCUT2D eigenvalue weighted by atomic mass is 16.5. The van der Waals surface area contributed by atoms with Crippen LogP contribution in [-0.4, -0.2) is 24.6 Å². The summed E-state index contributed by atoms with van der Waals surface area (Å²) in [7, 11) is 0. The molecule has 4 nitrogen and oxygen atoms in total. The van der Waals surface area contributed by atoms with Crippen LogP contribution in [0.15, 0.2) is 12.2 Å². The zero-order valence-corrected chi connectivity index (χ0v) is 10.4. The van der Waals surface area contributed by atoms with Gasteiger partial charge in [-0.3, -0.25) is 0 Å². The van der Waals surface area contributed by atoms with E-state index in [4.69, 9.17) is 9.47 Å². The van der Waals surface area contributed by atoms with Crippen LogP contribution >= 0.6 is 0 Å². The van der Waals surface area contributed by atoms with E-state index in [0.29, 0.717) is 12.5 Å². The van der Waals surface area contributed by atoms with Crippen molar-refractivity contribution >= 4 is 11.9 Å². The van der Waals surface area contributed by atoms with Crippen molar-refractivity contribution in [2.75, 3.05) is 6.61 Å². The topological polar surface area (TPSA) is 52.6 Å². The van der Waals surface area contributed by atoms with Crippen molar-refractivity contribution in [1.82, 2.24) is 0 Å². The number of rotatable bonds is 6. The quantitative estimate of drug-likeness (QED) is 0.516. The summed E-state index contributed by atoms with van der Waals surface area (Å²) in [6.45, 7) is 7.95. The maximum Gasteiger partial charge on any atom is 0.331 e. The average molecular weight is 228 g/mol. The van der Waals surface area contributed by atoms with E-state index in [-0.39, 0.29) is 6.10 Å². The fraction of sp³-hybridized carbons (Fsp3) is 0.667. The van der Waals surface area contributed by atoms with E-state index in [9.17, 15) is 9.59 Å². The monoisotopic (exact) mass is 228 g/mol. The molecule has 0 fully saturated rings.